The van der Waals surface area contributed by atoms with Gasteiger partial charge in [0.05, 0.1) is 0 Å². The SMILES string of the molecule is CNC(C)c1ccn(Cc2cc(C)cc(C)c2)c1. The fraction of sp³-hybridized carbons (Fsp3) is 0.375. The van der Waals surface area contributed by atoms with E-state index < -0.39 is 0 Å². The molecule has 1 aromatic heterocycles. The molecule has 1 atom stereocenters. The van der Waals surface area contributed by atoms with Gasteiger partial charge >= 0.3 is 0 Å². The molecule has 2 aromatic rings. The summed E-state index contributed by atoms with van der Waals surface area (Å²) in [5, 5.41) is 3.26. The number of aromatic nitrogens is 1. The first-order chi connectivity index (χ1) is 8.58. The van der Waals surface area contributed by atoms with Crippen LogP contribution in [0.25, 0.3) is 0 Å². The molecule has 0 saturated carbocycles. The summed E-state index contributed by atoms with van der Waals surface area (Å²) < 4.78 is 2.25. The quantitative estimate of drug-likeness (QED) is 0.869. The second-order valence-corrected chi connectivity index (χ2v) is 5.12. The monoisotopic (exact) mass is 242 g/mol. The van der Waals surface area contributed by atoms with Gasteiger partial charge in [0.2, 0.25) is 0 Å². The summed E-state index contributed by atoms with van der Waals surface area (Å²) in [5.74, 6) is 0. The Kier molecular flexibility index (Phi) is 3.87. The van der Waals surface area contributed by atoms with Gasteiger partial charge in [-0.05, 0) is 45.0 Å². The molecule has 2 rings (SSSR count). The van der Waals surface area contributed by atoms with E-state index in [1.807, 2.05) is 7.05 Å². The van der Waals surface area contributed by atoms with Crippen molar-refractivity contribution >= 4 is 0 Å². The molecule has 0 spiro atoms. The summed E-state index contributed by atoms with van der Waals surface area (Å²) in [6.07, 6.45) is 4.37. The van der Waals surface area contributed by atoms with Crippen molar-refractivity contribution in [2.75, 3.05) is 7.05 Å². The number of rotatable bonds is 4. The molecule has 2 heteroatoms. The minimum absolute atomic E-state index is 0.408. The Morgan fingerprint density at radius 1 is 1.17 bits per heavy atom. The maximum atomic E-state index is 3.26. The predicted molar refractivity (Wildman–Crippen MR) is 76.9 cm³/mol. The van der Waals surface area contributed by atoms with Gasteiger partial charge in [-0.25, -0.2) is 0 Å². The molecule has 96 valence electrons. The van der Waals surface area contributed by atoms with Gasteiger partial charge in [0.15, 0.2) is 0 Å². The van der Waals surface area contributed by atoms with Crippen LogP contribution in [0.1, 0.15) is 35.2 Å². The molecule has 0 bridgehead atoms. The lowest BCUT2D eigenvalue weighted by molar-refractivity contribution is 0.649. The first-order valence-electron chi connectivity index (χ1n) is 6.48. The van der Waals surface area contributed by atoms with Crippen LogP contribution in [0.2, 0.25) is 0 Å². The third-order valence-corrected chi connectivity index (χ3v) is 3.35. The zero-order valence-electron chi connectivity index (χ0n) is 11.7. The number of nitrogens with zero attached hydrogens (tertiary/aromatic N) is 1. The van der Waals surface area contributed by atoms with Crippen molar-refractivity contribution < 1.29 is 0 Å². The van der Waals surface area contributed by atoms with Crippen molar-refractivity contribution in [1.29, 1.82) is 0 Å². The number of hydrogen-bond acceptors (Lipinski definition) is 1. The van der Waals surface area contributed by atoms with Gasteiger partial charge in [0.1, 0.15) is 0 Å². The molecule has 0 radical (unpaired) electrons. The molecule has 0 aliphatic heterocycles. The van der Waals surface area contributed by atoms with Crippen LogP contribution in [0.4, 0.5) is 0 Å². The van der Waals surface area contributed by atoms with E-state index in [1.54, 1.807) is 0 Å². The lowest BCUT2D eigenvalue weighted by Crippen LogP contribution is -2.11. The fourth-order valence-corrected chi connectivity index (χ4v) is 2.35. The standard InChI is InChI=1S/C16H22N2/c1-12-7-13(2)9-15(8-12)10-18-6-5-16(11-18)14(3)17-4/h5-9,11,14,17H,10H2,1-4H3. The Hall–Kier alpha value is -1.54. The number of aryl methyl sites for hydroxylation is 2. The molecule has 1 unspecified atom stereocenters. The molecule has 1 N–H and O–H groups in total. The van der Waals surface area contributed by atoms with E-state index in [0.717, 1.165) is 6.54 Å². The fourth-order valence-electron chi connectivity index (χ4n) is 2.35. The summed E-state index contributed by atoms with van der Waals surface area (Å²) in [6, 6.07) is 9.32. The van der Waals surface area contributed by atoms with Gasteiger partial charge in [-0.1, -0.05) is 29.3 Å². The number of hydrogen-bond donors (Lipinski definition) is 1. The van der Waals surface area contributed by atoms with Crippen LogP contribution >= 0.6 is 0 Å². The van der Waals surface area contributed by atoms with Gasteiger partial charge in [-0.2, -0.15) is 0 Å². The number of benzene rings is 1. The summed E-state index contributed by atoms with van der Waals surface area (Å²) in [6.45, 7) is 7.43. The highest BCUT2D eigenvalue weighted by Crippen LogP contribution is 2.15. The van der Waals surface area contributed by atoms with E-state index >= 15 is 0 Å². The Morgan fingerprint density at radius 3 is 2.44 bits per heavy atom. The van der Waals surface area contributed by atoms with E-state index in [0.29, 0.717) is 6.04 Å². The molecule has 1 aromatic carbocycles. The molecule has 0 aliphatic rings. The Bertz CT molecular complexity index is 505. The predicted octanol–water partition coefficient (Wildman–Crippen LogP) is 3.43. The Labute approximate surface area is 110 Å². The van der Waals surface area contributed by atoms with E-state index in [-0.39, 0.29) is 0 Å². The topological polar surface area (TPSA) is 17.0 Å². The first kappa shape index (κ1) is 12.9. The molecule has 0 aliphatic carbocycles. The molecular formula is C16H22N2. The van der Waals surface area contributed by atoms with Gasteiger partial charge in [0, 0.05) is 25.0 Å². The van der Waals surface area contributed by atoms with Gasteiger partial charge in [-0.15, -0.1) is 0 Å². The van der Waals surface area contributed by atoms with Crippen molar-refractivity contribution in [3.05, 3.63) is 58.9 Å². The summed E-state index contributed by atoms with van der Waals surface area (Å²) in [4.78, 5) is 0. The van der Waals surface area contributed by atoms with Crippen molar-refractivity contribution in [3.63, 3.8) is 0 Å². The third kappa shape index (κ3) is 3.02. The molecule has 18 heavy (non-hydrogen) atoms. The highest BCUT2D eigenvalue weighted by Gasteiger charge is 2.04. The second kappa shape index (κ2) is 5.40. The Balaban J connectivity index is 2.16. The van der Waals surface area contributed by atoms with Crippen LogP contribution in [0.15, 0.2) is 36.7 Å². The number of nitrogens with one attached hydrogen (secondary N) is 1. The second-order valence-electron chi connectivity index (χ2n) is 5.12. The Morgan fingerprint density at radius 2 is 1.83 bits per heavy atom. The normalized spacial score (nSPS) is 12.7. The summed E-state index contributed by atoms with van der Waals surface area (Å²) in [7, 11) is 1.99. The molecular weight excluding hydrogens is 220 g/mol. The lowest BCUT2D eigenvalue weighted by atomic mass is 10.1. The molecule has 2 nitrogen and oxygen atoms in total. The minimum Gasteiger partial charge on any atom is -0.350 e. The average Bonchev–Trinajstić information content (AvgIpc) is 2.75. The average molecular weight is 242 g/mol. The van der Waals surface area contributed by atoms with E-state index in [2.05, 4.69) is 67.3 Å². The smallest absolute Gasteiger partial charge is 0.0470 e. The maximum absolute atomic E-state index is 3.26. The molecule has 0 amide bonds. The van der Waals surface area contributed by atoms with Crippen LogP contribution in [-0.2, 0) is 6.54 Å². The van der Waals surface area contributed by atoms with Crippen LogP contribution in [-0.4, -0.2) is 11.6 Å². The van der Waals surface area contributed by atoms with Gasteiger partial charge in [-0.3, -0.25) is 0 Å². The zero-order valence-corrected chi connectivity index (χ0v) is 11.7. The van der Waals surface area contributed by atoms with Crippen LogP contribution in [0, 0.1) is 13.8 Å². The van der Waals surface area contributed by atoms with Crippen molar-refractivity contribution in [2.45, 2.75) is 33.4 Å². The molecule has 0 fully saturated rings. The highest BCUT2D eigenvalue weighted by atomic mass is 14.9. The van der Waals surface area contributed by atoms with Gasteiger partial charge < -0.3 is 9.88 Å². The van der Waals surface area contributed by atoms with E-state index in [1.165, 1.54) is 22.3 Å². The van der Waals surface area contributed by atoms with Crippen LogP contribution in [0.3, 0.4) is 0 Å². The van der Waals surface area contributed by atoms with Crippen LogP contribution < -0.4 is 5.32 Å². The maximum Gasteiger partial charge on any atom is 0.0470 e. The van der Waals surface area contributed by atoms with Crippen molar-refractivity contribution in [3.8, 4) is 0 Å². The highest BCUT2D eigenvalue weighted by molar-refractivity contribution is 5.29. The zero-order chi connectivity index (χ0) is 13.1. The van der Waals surface area contributed by atoms with E-state index in [9.17, 15) is 0 Å². The minimum atomic E-state index is 0.408. The summed E-state index contributed by atoms with van der Waals surface area (Å²) in [5.41, 5.74) is 5.37. The lowest BCUT2D eigenvalue weighted by Gasteiger charge is -2.08. The third-order valence-electron chi connectivity index (χ3n) is 3.35. The first-order valence-corrected chi connectivity index (χ1v) is 6.48. The largest absolute Gasteiger partial charge is 0.350 e. The molecule has 0 saturated heterocycles. The van der Waals surface area contributed by atoms with E-state index in [4.69, 9.17) is 0 Å². The van der Waals surface area contributed by atoms with Crippen molar-refractivity contribution in [1.82, 2.24) is 9.88 Å². The van der Waals surface area contributed by atoms with Crippen LogP contribution in [0.5, 0.6) is 0 Å². The van der Waals surface area contributed by atoms with Crippen molar-refractivity contribution in [2.24, 2.45) is 0 Å². The summed E-state index contributed by atoms with van der Waals surface area (Å²) >= 11 is 0. The molecule has 1 heterocycles. The van der Waals surface area contributed by atoms with Gasteiger partial charge in [0.25, 0.3) is 0 Å².